The van der Waals surface area contributed by atoms with E-state index >= 15 is 0 Å². The molecule has 2 amide bonds. The van der Waals surface area contributed by atoms with Crippen molar-refractivity contribution < 1.29 is 27.9 Å². The van der Waals surface area contributed by atoms with Crippen LogP contribution in [0.1, 0.15) is 48.0 Å². The quantitative estimate of drug-likeness (QED) is 0.512. The third kappa shape index (κ3) is 6.17. The molecular weight excluding hydrogens is 533 g/mol. The summed E-state index contributed by atoms with van der Waals surface area (Å²) >= 11 is 6.28. The van der Waals surface area contributed by atoms with E-state index in [9.17, 15) is 27.9 Å². The number of hydrogen-bond acceptors (Lipinski definition) is 5. The number of carbonyl (C=O) groups is 2. The third-order valence-electron chi connectivity index (χ3n) is 7.89. The molecule has 1 unspecified atom stereocenters. The van der Waals surface area contributed by atoms with E-state index in [1.54, 1.807) is 20.2 Å². The number of anilines is 1. The smallest absolute Gasteiger partial charge is 0.369 e. The summed E-state index contributed by atoms with van der Waals surface area (Å²) in [6.07, 6.45) is -1.09. The van der Waals surface area contributed by atoms with Crippen molar-refractivity contribution in [2.75, 3.05) is 45.2 Å². The minimum atomic E-state index is -5.13. The summed E-state index contributed by atoms with van der Waals surface area (Å²) in [6.45, 7) is 1.96. The molecule has 2 fully saturated rings. The standard InChI is InChI=1S/C28H34ClF3N4O3/c1-34(2)25(37)22-8-9-23(33-24(22)29)35-14-10-19(11-15-35)18-20-12-16-36(17-13-20)26(38)27(39,28(30,31)32)21-6-4-3-5-7-21/h3-9,19-20,39H,10-18H2,1-2H3. The van der Waals surface area contributed by atoms with Gasteiger partial charge in [0.2, 0.25) is 0 Å². The molecule has 7 nitrogen and oxygen atoms in total. The molecule has 1 aromatic heterocycles. The summed E-state index contributed by atoms with van der Waals surface area (Å²) in [5, 5.41) is 10.8. The van der Waals surface area contributed by atoms with Crippen molar-refractivity contribution in [2.45, 2.75) is 43.9 Å². The van der Waals surface area contributed by atoms with E-state index in [0.29, 0.717) is 30.2 Å². The molecule has 2 saturated heterocycles. The average molecular weight is 567 g/mol. The Morgan fingerprint density at radius 2 is 1.54 bits per heavy atom. The van der Waals surface area contributed by atoms with E-state index in [2.05, 4.69) is 9.88 Å². The summed E-state index contributed by atoms with van der Waals surface area (Å²) in [5.74, 6) is 0.00224. The van der Waals surface area contributed by atoms with Crippen LogP contribution >= 0.6 is 11.6 Å². The second-order valence-electron chi connectivity index (χ2n) is 10.7. The molecule has 1 aromatic carbocycles. The fourth-order valence-corrected chi connectivity index (χ4v) is 5.79. The third-order valence-corrected chi connectivity index (χ3v) is 8.18. The molecule has 0 bridgehead atoms. The van der Waals surface area contributed by atoms with Gasteiger partial charge in [0.1, 0.15) is 11.0 Å². The lowest BCUT2D eigenvalue weighted by Gasteiger charge is -2.40. The summed E-state index contributed by atoms with van der Waals surface area (Å²) in [6, 6.07) is 10.1. The van der Waals surface area contributed by atoms with Crippen molar-refractivity contribution in [3.8, 4) is 0 Å². The average Bonchev–Trinajstić information content (AvgIpc) is 2.92. The van der Waals surface area contributed by atoms with Crippen molar-refractivity contribution in [2.24, 2.45) is 11.8 Å². The number of aromatic nitrogens is 1. The van der Waals surface area contributed by atoms with Crippen LogP contribution in [0.25, 0.3) is 0 Å². The van der Waals surface area contributed by atoms with Gasteiger partial charge in [0, 0.05) is 45.8 Å². The first-order valence-corrected chi connectivity index (χ1v) is 13.6. The minimum Gasteiger partial charge on any atom is -0.369 e. The molecule has 212 valence electrons. The first-order chi connectivity index (χ1) is 18.4. The normalized spacial score (nSPS) is 19.1. The van der Waals surface area contributed by atoms with E-state index in [4.69, 9.17) is 11.6 Å². The highest BCUT2D eigenvalue weighted by Gasteiger charge is 2.62. The minimum absolute atomic E-state index is 0.180. The Morgan fingerprint density at radius 1 is 0.974 bits per heavy atom. The van der Waals surface area contributed by atoms with Gasteiger partial charge in [-0.05, 0) is 56.1 Å². The van der Waals surface area contributed by atoms with Gasteiger partial charge in [-0.1, -0.05) is 41.9 Å². The molecule has 3 heterocycles. The van der Waals surface area contributed by atoms with Crippen LogP contribution in [0.3, 0.4) is 0 Å². The fourth-order valence-electron chi connectivity index (χ4n) is 5.56. The lowest BCUT2D eigenvalue weighted by Crippen LogP contribution is -2.57. The number of piperidine rings is 2. The molecule has 0 radical (unpaired) electrons. The van der Waals surface area contributed by atoms with Gasteiger partial charge in [0.25, 0.3) is 17.4 Å². The number of pyridine rings is 1. The molecule has 4 rings (SSSR count). The lowest BCUT2D eigenvalue weighted by atomic mass is 9.82. The van der Waals surface area contributed by atoms with Crippen LogP contribution in [0.5, 0.6) is 0 Å². The van der Waals surface area contributed by atoms with Crippen LogP contribution < -0.4 is 4.90 Å². The van der Waals surface area contributed by atoms with Gasteiger partial charge in [-0.25, -0.2) is 4.98 Å². The van der Waals surface area contributed by atoms with Crippen LogP contribution in [0.2, 0.25) is 5.15 Å². The van der Waals surface area contributed by atoms with E-state index in [0.717, 1.165) is 55.2 Å². The maximum absolute atomic E-state index is 13.9. The van der Waals surface area contributed by atoms with Gasteiger partial charge < -0.3 is 19.8 Å². The summed E-state index contributed by atoms with van der Waals surface area (Å²) < 4.78 is 41.7. The highest BCUT2D eigenvalue weighted by molar-refractivity contribution is 6.32. The predicted octanol–water partition coefficient (Wildman–Crippen LogP) is 4.73. The van der Waals surface area contributed by atoms with Gasteiger partial charge in [0.15, 0.2) is 0 Å². The Balaban J connectivity index is 1.29. The van der Waals surface area contributed by atoms with Crippen LogP contribution in [0, 0.1) is 11.8 Å². The number of likely N-dealkylation sites (tertiary alicyclic amines) is 1. The molecule has 1 N–H and O–H groups in total. The Morgan fingerprint density at radius 3 is 2.05 bits per heavy atom. The van der Waals surface area contributed by atoms with Crippen molar-refractivity contribution >= 4 is 29.2 Å². The van der Waals surface area contributed by atoms with Gasteiger partial charge >= 0.3 is 6.18 Å². The summed E-state index contributed by atoms with van der Waals surface area (Å²) in [4.78, 5) is 34.4. The van der Waals surface area contributed by atoms with Crippen LogP contribution in [-0.4, -0.2) is 78.2 Å². The van der Waals surface area contributed by atoms with Gasteiger partial charge in [-0.2, -0.15) is 13.2 Å². The zero-order chi connectivity index (χ0) is 28.4. The number of aliphatic hydroxyl groups is 1. The molecule has 0 spiro atoms. The Bertz CT molecular complexity index is 1160. The van der Waals surface area contributed by atoms with E-state index in [1.807, 2.05) is 6.07 Å². The number of carbonyl (C=O) groups excluding carboxylic acids is 2. The lowest BCUT2D eigenvalue weighted by molar-refractivity contribution is -0.262. The molecule has 39 heavy (non-hydrogen) atoms. The van der Waals surface area contributed by atoms with Crippen molar-refractivity contribution in [3.63, 3.8) is 0 Å². The van der Waals surface area contributed by atoms with Crippen LogP contribution in [0.15, 0.2) is 42.5 Å². The SMILES string of the molecule is CN(C)C(=O)c1ccc(N2CCC(CC3CCN(C(=O)C(O)(c4ccccc4)C(F)(F)F)CC3)CC2)nc1Cl. The summed E-state index contributed by atoms with van der Waals surface area (Å²) in [7, 11) is 3.32. The Kier molecular flexibility index (Phi) is 8.75. The molecule has 0 saturated carbocycles. The number of benzene rings is 1. The van der Waals surface area contributed by atoms with Gasteiger partial charge in [-0.3, -0.25) is 9.59 Å². The largest absolute Gasteiger partial charge is 0.430 e. The number of rotatable bonds is 6. The molecule has 2 aliphatic heterocycles. The number of amides is 2. The second kappa shape index (κ2) is 11.7. The highest BCUT2D eigenvalue weighted by Crippen LogP contribution is 2.41. The van der Waals surface area contributed by atoms with Crippen molar-refractivity contribution in [1.29, 1.82) is 0 Å². The van der Waals surface area contributed by atoms with Gasteiger partial charge in [-0.15, -0.1) is 0 Å². The Labute approximate surface area is 231 Å². The van der Waals surface area contributed by atoms with Gasteiger partial charge in [0.05, 0.1) is 5.56 Å². The fraction of sp³-hybridized carbons (Fsp3) is 0.536. The molecule has 2 aromatic rings. The number of halogens is 4. The van der Waals surface area contributed by atoms with E-state index in [-0.39, 0.29) is 24.1 Å². The predicted molar refractivity (Wildman–Crippen MR) is 143 cm³/mol. The molecule has 1 atom stereocenters. The zero-order valence-electron chi connectivity index (χ0n) is 22.1. The zero-order valence-corrected chi connectivity index (χ0v) is 22.9. The van der Waals surface area contributed by atoms with Crippen LogP contribution in [0.4, 0.5) is 19.0 Å². The van der Waals surface area contributed by atoms with Crippen molar-refractivity contribution in [3.05, 3.63) is 58.7 Å². The van der Waals surface area contributed by atoms with E-state index < -0.39 is 23.2 Å². The number of hydrogen-bond donors (Lipinski definition) is 1. The number of nitrogens with zero attached hydrogens (tertiary/aromatic N) is 4. The first kappa shape index (κ1) is 29.1. The maximum atomic E-state index is 13.9. The number of alkyl halides is 3. The summed E-state index contributed by atoms with van der Waals surface area (Å²) in [5.41, 5.74) is -3.66. The van der Waals surface area contributed by atoms with E-state index in [1.165, 1.54) is 23.1 Å². The monoisotopic (exact) mass is 566 g/mol. The first-order valence-electron chi connectivity index (χ1n) is 13.2. The Hall–Kier alpha value is -2.85. The topological polar surface area (TPSA) is 77.0 Å². The molecular formula is C28H34ClF3N4O3. The second-order valence-corrected chi connectivity index (χ2v) is 11.0. The maximum Gasteiger partial charge on any atom is 0.430 e. The molecule has 2 aliphatic rings. The molecule has 0 aliphatic carbocycles. The molecule has 11 heteroatoms. The van der Waals surface area contributed by atoms with Crippen LogP contribution in [-0.2, 0) is 10.4 Å². The van der Waals surface area contributed by atoms with Crippen molar-refractivity contribution in [1.82, 2.24) is 14.8 Å². The highest BCUT2D eigenvalue weighted by atomic mass is 35.5.